The number of hydrogen-bond donors (Lipinski definition) is 1. The molecule has 0 aliphatic heterocycles. The first-order valence-electron chi connectivity index (χ1n) is 6.41. The maximum absolute atomic E-state index is 13.7. The predicted octanol–water partition coefficient (Wildman–Crippen LogP) is 3.31. The molecule has 5 heteroatoms. The fourth-order valence-electron chi connectivity index (χ4n) is 2.62. The number of nitro groups is 1. The third kappa shape index (κ3) is 2.34. The van der Waals surface area contributed by atoms with Gasteiger partial charge in [0.15, 0.2) is 0 Å². The van der Waals surface area contributed by atoms with E-state index in [4.69, 9.17) is 0 Å². The second-order valence-corrected chi connectivity index (χ2v) is 4.94. The Kier molecular flexibility index (Phi) is 3.10. The third-order valence-corrected chi connectivity index (χ3v) is 3.57. The van der Waals surface area contributed by atoms with E-state index >= 15 is 0 Å². The summed E-state index contributed by atoms with van der Waals surface area (Å²) in [5.41, 5.74) is 2.58. The van der Waals surface area contributed by atoms with Crippen LogP contribution in [0.15, 0.2) is 42.5 Å². The molecule has 1 aliphatic carbocycles. The summed E-state index contributed by atoms with van der Waals surface area (Å²) < 4.78 is 13.7. The van der Waals surface area contributed by atoms with Crippen molar-refractivity contribution in [3.8, 4) is 0 Å². The van der Waals surface area contributed by atoms with Crippen LogP contribution in [0.3, 0.4) is 0 Å². The lowest BCUT2D eigenvalue weighted by Crippen LogP contribution is -2.20. The van der Waals surface area contributed by atoms with Gasteiger partial charge in [0.05, 0.1) is 10.6 Å². The predicted molar refractivity (Wildman–Crippen MR) is 74.3 cm³/mol. The van der Waals surface area contributed by atoms with Gasteiger partial charge in [0.2, 0.25) is 0 Å². The molecule has 0 atom stereocenters. The largest absolute Gasteiger partial charge is 0.379 e. The van der Waals surface area contributed by atoms with E-state index in [-0.39, 0.29) is 17.4 Å². The summed E-state index contributed by atoms with van der Waals surface area (Å²) >= 11 is 0. The lowest BCUT2D eigenvalue weighted by Gasteiger charge is -2.14. The summed E-state index contributed by atoms with van der Waals surface area (Å²) in [7, 11) is 0. The minimum absolute atomic E-state index is 0.0731. The first-order valence-corrected chi connectivity index (χ1v) is 6.41. The number of rotatable bonds is 3. The lowest BCUT2D eigenvalue weighted by atomic mass is 10.1. The van der Waals surface area contributed by atoms with Crippen LogP contribution in [-0.4, -0.2) is 11.0 Å². The highest BCUT2D eigenvalue weighted by Gasteiger charge is 2.22. The zero-order valence-electron chi connectivity index (χ0n) is 10.7. The van der Waals surface area contributed by atoms with E-state index in [2.05, 4.69) is 17.4 Å². The number of nitro benzene ring substituents is 1. The molecule has 2 aromatic rings. The molecule has 1 N–H and O–H groups in total. The van der Waals surface area contributed by atoms with Crippen molar-refractivity contribution in [2.24, 2.45) is 0 Å². The molecule has 0 aromatic heterocycles. The molecule has 1 aliphatic rings. The summed E-state index contributed by atoms with van der Waals surface area (Å²) in [6, 6.07) is 11.7. The molecule has 2 aromatic carbocycles. The van der Waals surface area contributed by atoms with Crippen LogP contribution in [-0.2, 0) is 12.8 Å². The standard InChI is InChI=1S/C15H13FN2O2/c16-14-6-5-13(18(19)20)9-15(14)17-12-7-10-3-1-2-4-11(10)8-12/h1-6,9,12,17H,7-8H2. The van der Waals surface area contributed by atoms with Crippen molar-refractivity contribution < 1.29 is 9.31 Å². The molecule has 0 bridgehead atoms. The Morgan fingerprint density at radius 2 is 1.80 bits per heavy atom. The summed E-state index contributed by atoms with van der Waals surface area (Å²) in [4.78, 5) is 10.2. The Morgan fingerprint density at radius 1 is 1.15 bits per heavy atom. The van der Waals surface area contributed by atoms with Gasteiger partial charge >= 0.3 is 0 Å². The first-order chi connectivity index (χ1) is 9.63. The molecule has 0 spiro atoms. The maximum atomic E-state index is 13.7. The first kappa shape index (κ1) is 12.6. The number of benzene rings is 2. The minimum Gasteiger partial charge on any atom is -0.379 e. The van der Waals surface area contributed by atoms with Gasteiger partial charge in [-0.15, -0.1) is 0 Å². The van der Waals surface area contributed by atoms with Gasteiger partial charge in [-0.3, -0.25) is 10.1 Å². The van der Waals surface area contributed by atoms with Gasteiger partial charge in [-0.25, -0.2) is 4.39 Å². The van der Waals surface area contributed by atoms with Crippen molar-refractivity contribution in [2.75, 3.05) is 5.32 Å². The van der Waals surface area contributed by atoms with Crippen LogP contribution < -0.4 is 5.32 Å². The summed E-state index contributed by atoms with van der Waals surface area (Å²) in [6.07, 6.45) is 1.61. The zero-order valence-corrected chi connectivity index (χ0v) is 10.7. The Balaban J connectivity index is 1.80. The number of hydrogen-bond acceptors (Lipinski definition) is 3. The van der Waals surface area contributed by atoms with Gasteiger partial charge in [-0.05, 0) is 30.0 Å². The number of nitrogens with one attached hydrogen (secondary N) is 1. The lowest BCUT2D eigenvalue weighted by molar-refractivity contribution is -0.384. The van der Waals surface area contributed by atoms with E-state index in [0.717, 1.165) is 18.9 Å². The van der Waals surface area contributed by atoms with Crippen LogP contribution in [0.25, 0.3) is 0 Å². The summed E-state index contributed by atoms with van der Waals surface area (Å²) in [5, 5.41) is 13.8. The van der Waals surface area contributed by atoms with Crippen LogP contribution in [0.2, 0.25) is 0 Å². The topological polar surface area (TPSA) is 55.2 Å². The molecule has 0 saturated heterocycles. The quantitative estimate of drug-likeness (QED) is 0.689. The number of anilines is 1. The number of nitrogens with zero attached hydrogens (tertiary/aromatic N) is 1. The highest BCUT2D eigenvalue weighted by atomic mass is 19.1. The van der Waals surface area contributed by atoms with E-state index < -0.39 is 10.7 Å². The number of non-ortho nitro benzene ring substituents is 1. The molecular formula is C15H13FN2O2. The third-order valence-electron chi connectivity index (χ3n) is 3.57. The van der Waals surface area contributed by atoms with E-state index in [1.807, 2.05) is 12.1 Å². The van der Waals surface area contributed by atoms with Gasteiger partial charge < -0.3 is 5.32 Å². The Morgan fingerprint density at radius 3 is 2.40 bits per heavy atom. The van der Waals surface area contributed by atoms with Crippen LogP contribution >= 0.6 is 0 Å². The average Bonchev–Trinajstić information content (AvgIpc) is 2.83. The molecule has 3 rings (SSSR count). The van der Waals surface area contributed by atoms with Crippen molar-refractivity contribution in [1.82, 2.24) is 0 Å². The van der Waals surface area contributed by atoms with Crippen LogP contribution in [0, 0.1) is 15.9 Å². The highest BCUT2D eigenvalue weighted by molar-refractivity contribution is 5.54. The van der Waals surface area contributed by atoms with Gasteiger partial charge in [0, 0.05) is 18.2 Å². The fourth-order valence-corrected chi connectivity index (χ4v) is 2.62. The van der Waals surface area contributed by atoms with Gasteiger partial charge in [-0.1, -0.05) is 24.3 Å². The SMILES string of the molecule is O=[N+]([O-])c1ccc(F)c(NC2Cc3ccccc3C2)c1. The van der Waals surface area contributed by atoms with Crippen LogP contribution in [0.4, 0.5) is 15.8 Å². The summed E-state index contributed by atoms with van der Waals surface area (Å²) in [5.74, 6) is -0.466. The average molecular weight is 272 g/mol. The zero-order chi connectivity index (χ0) is 14.1. The Hall–Kier alpha value is -2.43. The van der Waals surface area contributed by atoms with E-state index in [0.29, 0.717) is 0 Å². The monoisotopic (exact) mass is 272 g/mol. The van der Waals surface area contributed by atoms with Crippen molar-refractivity contribution in [2.45, 2.75) is 18.9 Å². The molecule has 0 amide bonds. The van der Waals surface area contributed by atoms with Crippen LogP contribution in [0.1, 0.15) is 11.1 Å². The Bertz CT molecular complexity index is 648. The molecule has 0 fully saturated rings. The number of fused-ring (bicyclic) bond motifs is 1. The van der Waals surface area contributed by atoms with E-state index in [1.54, 1.807) is 0 Å². The van der Waals surface area contributed by atoms with Crippen molar-refractivity contribution in [3.05, 3.63) is 69.5 Å². The van der Waals surface area contributed by atoms with Crippen molar-refractivity contribution in [3.63, 3.8) is 0 Å². The molecule has 20 heavy (non-hydrogen) atoms. The maximum Gasteiger partial charge on any atom is 0.271 e. The van der Waals surface area contributed by atoms with Crippen molar-refractivity contribution >= 4 is 11.4 Å². The minimum atomic E-state index is -0.520. The van der Waals surface area contributed by atoms with E-state index in [1.165, 1.54) is 23.3 Å². The molecule has 4 nitrogen and oxygen atoms in total. The molecule has 102 valence electrons. The normalized spacial score (nSPS) is 14.1. The molecular weight excluding hydrogens is 259 g/mol. The summed E-state index contributed by atoms with van der Waals surface area (Å²) in [6.45, 7) is 0. The molecule has 0 unspecified atom stereocenters. The number of halogens is 1. The van der Waals surface area contributed by atoms with Crippen LogP contribution in [0.5, 0.6) is 0 Å². The second kappa shape index (κ2) is 4.92. The second-order valence-electron chi connectivity index (χ2n) is 4.94. The van der Waals surface area contributed by atoms with Crippen molar-refractivity contribution in [1.29, 1.82) is 0 Å². The van der Waals surface area contributed by atoms with Gasteiger partial charge in [-0.2, -0.15) is 0 Å². The van der Waals surface area contributed by atoms with E-state index in [9.17, 15) is 14.5 Å². The van der Waals surface area contributed by atoms with Gasteiger partial charge in [0.1, 0.15) is 5.82 Å². The molecule has 0 radical (unpaired) electrons. The molecule has 0 saturated carbocycles. The fraction of sp³-hybridized carbons (Fsp3) is 0.200. The Labute approximate surface area is 115 Å². The highest BCUT2D eigenvalue weighted by Crippen LogP contribution is 2.27. The van der Waals surface area contributed by atoms with Gasteiger partial charge in [0.25, 0.3) is 5.69 Å². The smallest absolute Gasteiger partial charge is 0.271 e. The molecule has 0 heterocycles.